The molecule has 1 fully saturated rings. The predicted molar refractivity (Wildman–Crippen MR) is 112 cm³/mol. The van der Waals surface area contributed by atoms with Crippen molar-refractivity contribution in [3.8, 4) is 0 Å². The first kappa shape index (κ1) is 24.2. The molecule has 0 aromatic heterocycles. The van der Waals surface area contributed by atoms with Crippen molar-refractivity contribution in [1.82, 2.24) is 31.1 Å². The van der Waals surface area contributed by atoms with Crippen molar-refractivity contribution in [2.45, 2.75) is 12.8 Å². The smallest absolute Gasteiger partial charge is 0.234 e. The topological polar surface area (TPSA) is 124 Å². The van der Waals surface area contributed by atoms with Gasteiger partial charge in [0.25, 0.3) is 0 Å². The minimum absolute atomic E-state index is 0.0914. The molecule has 0 spiro atoms. The van der Waals surface area contributed by atoms with Gasteiger partial charge in [0.2, 0.25) is 5.91 Å². The maximum atomic E-state index is 12.3. The number of hydrogen-bond acceptors (Lipinski definition) is 8. The van der Waals surface area contributed by atoms with Crippen LogP contribution in [-0.4, -0.2) is 114 Å². The van der Waals surface area contributed by atoms with E-state index in [9.17, 15) is 4.79 Å². The third kappa shape index (κ3) is 13.9. The lowest BCUT2D eigenvalue weighted by Gasteiger charge is -2.24. The molecule has 1 saturated heterocycles. The molecular formula is C18H42N8O. The molecule has 1 aliphatic rings. The van der Waals surface area contributed by atoms with Gasteiger partial charge in [-0.05, 0) is 39.0 Å². The predicted octanol–water partition coefficient (Wildman–Crippen LogP) is -2.81. The van der Waals surface area contributed by atoms with Crippen LogP contribution in [0.5, 0.6) is 0 Å². The Bertz CT molecular complexity index is 338. The van der Waals surface area contributed by atoms with Crippen molar-refractivity contribution in [2.24, 2.45) is 11.5 Å². The fourth-order valence-corrected chi connectivity index (χ4v) is 3.14. The Morgan fingerprint density at radius 3 is 2.15 bits per heavy atom. The summed E-state index contributed by atoms with van der Waals surface area (Å²) in [5.41, 5.74) is 11.2. The van der Waals surface area contributed by atoms with Gasteiger partial charge in [-0.3, -0.25) is 14.6 Å². The lowest BCUT2D eigenvalue weighted by atomic mass is 10.3. The third-order valence-electron chi connectivity index (χ3n) is 4.63. The molecule has 1 rings (SSSR count). The standard InChI is InChI=1S/C18H42N8O/c19-3-13-25(14-4-20)16-11-24-18(27)17-26-12-2-7-22-9-8-21-5-1-6-23-10-15-26/h21-23H,1-17,19-20H2,(H,24,27). The van der Waals surface area contributed by atoms with E-state index in [2.05, 4.69) is 31.1 Å². The number of rotatable bonds is 9. The van der Waals surface area contributed by atoms with Crippen molar-refractivity contribution in [3.63, 3.8) is 0 Å². The van der Waals surface area contributed by atoms with E-state index in [1.54, 1.807) is 0 Å². The third-order valence-corrected chi connectivity index (χ3v) is 4.63. The zero-order chi connectivity index (χ0) is 19.6. The highest BCUT2D eigenvalue weighted by Crippen LogP contribution is 1.92. The quantitative estimate of drug-likeness (QED) is 0.251. The second-order valence-corrected chi connectivity index (χ2v) is 7.00. The van der Waals surface area contributed by atoms with Crippen molar-refractivity contribution in [2.75, 3.05) is 98.2 Å². The van der Waals surface area contributed by atoms with Crippen LogP contribution >= 0.6 is 0 Å². The molecule has 0 unspecified atom stereocenters. The van der Waals surface area contributed by atoms with Gasteiger partial charge in [0.05, 0.1) is 6.54 Å². The molecule has 27 heavy (non-hydrogen) atoms. The summed E-state index contributed by atoms with van der Waals surface area (Å²) in [6, 6.07) is 0. The minimum Gasteiger partial charge on any atom is -0.354 e. The first-order valence-electron chi connectivity index (χ1n) is 10.5. The van der Waals surface area contributed by atoms with Crippen LogP contribution in [-0.2, 0) is 4.79 Å². The highest BCUT2D eigenvalue weighted by molar-refractivity contribution is 5.77. The van der Waals surface area contributed by atoms with Crippen LogP contribution in [0.15, 0.2) is 0 Å². The molecule has 9 nitrogen and oxygen atoms in total. The maximum absolute atomic E-state index is 12.3. The molecular weight excluding hydrogens is 344 g/mol. The van der Waals surface area contributed by atoms with Gasteiger partial charge in [0.1, 0.15) is 0 Å². The summed E-state index contributed by atoms with van der Waals surface area (Å²) in [5, 5.41) is 13.4. The molecule has 0 aromatic rings. The normalized spacial score (nSPS) is 18.9. The fourth-order valence-electron chi connectivity index (χ4n) is 3.14. The highest BCUT2D eigenvalue weighted by Gasteiger charge is 2.11. The van der Waals surface area contributed by atoms with Crippen molar-refractivity contribution in [3.05, 3.63) is 0 Å². The second-order valence-electron chi connectivity index (χ2n) is 7.00. The van der Waals surface area contributed by atoms with Crippen molar-refractivity contribution in [1.29, 1.82) is 0 Å². The molecule has 9 heteroatoms. The Kier molecular flexibility index (Phi) is 15.5. The monoisotopic (exact) mass is 386 g/mol. The molecule has 1 amide bonds. The summed E-state index contributed by atoms with van der Waals surface area (Å²) in [5.74, 6) is 0.0914. The van der Waals surface area contributed by atoms with Crippen LogP contribution in [0.4, 0.5) is 0 Å². The average molecular weight is 387 g/mol. The number of carbonyl (C=O) groups excluding carboxylic acids is 1. The van der Waals surface area contributed by atoms with Gasteiger partial charge in [0, 0.05) is 65.4 Å². The second kappa shape index (κ2) is 17.3. The minimum atomic E-state index is 0.0914. The van der Waals surface area contributed by atoms with E-state index in [-0.39, 0.29) is 5.91 Å². The van der Waals surface area contributed by atoms with Crippen LogP contribution in [0.3, 0.4) is 0 Å². The summed E-state index contributed by atoms with van der Waals surface area (Å²) < 4.78 is 0. The van der Waals surface area contributed by atoms with E-state index in [4.69, 9.17) is 11.5 Å². The number of nitrogens with zero attached hydrogens (tertiary/aromatic N) is 2. The Labute approximate surface area is 164 Å². The van der Waals surface area contributed by atoms with Crippen molar-refractivity contribution >= 4 is 5.91 Å². The van der Waals surface area contributed by atoms with Crippen LogP contribution in [0.2, 0.25) is 0 Å². The van der Waals surface area contributed by atoms with Gasteiger partial charge in [-0.2, -0.15) is 0 Å². The van der Waals surface area contributed by atoms with Gasteiger partial charge < -0.3 is 32.7 Å². The SMILES string of the molecule is NCCN(CCN)CCNC(=O)CN1CCCNCCNCCCNCC1. The van der Waals surface area contributed by atoms with E-state index >= 15 is 0 Å². The van der Waals surface area contributed by atoms with Crippen LogP contribution in [0, 0.1) is 0 Å². The Balaban J connectivity index is 2.29. The van der Waals surface area contributed by atoms with Gasteiger partial charge >= 0.3 is 0 Å². The Morgan fingerprint density at radius 2 is 1.48 bits per heavy atom. The number of amides is 1. The molecule has 0 saturated carbocycles. The van der Waals surface area contributed by atoms with Crippen molar-refractivity contribution < 1.29 is 4.79 Å². The number of nitrogens with one attached hydrogen (secondary N) is 4. The highest BCUT2D eigenvalue weighted by atomic mass is 16.2. The van der Waals surface area contributed by atoms with E-state index in [1.165, 1.54) is 0 Å². The molecule has 0 aromatic carbocycles. The Morgan fingerprint density at radius 1 is 0.852 bits per heavy atom. The van der Waals surface area contributed by atoms with E-state index in [1.807, 2.05) is 0 Å². The first-order chi connectivity index (χ1) is 13.3. The number of hydrogen-bond donors (Lipinski definition) is 6. The maximum Gasteiger partial charge on any atom is 0.234 e. The summed E-state index contributed by atoms with van der Waals surface area (Å²) in [6.07, 6.45) is 2.18. The van der Waals surface area contributed by atoms with Gasteiger partial charge in [-0.15, -0.1) is 0 Å². The van der Waals surface area contributed by atoms with Gasteiger partial charge in [0.15, 0.2) is 0 Å². The molecule has 0 bridgehead atoms. The van der Waals surface area contributed by atoms with Gasteiger partial charge in [-0.25, -0.2) is 0 Å². The van der Waals surface area contributed by atoms with Gasteiger partial charge in [-0.1, -0.05) is 0 Å². The van der Waals surface area contributed by atoms with E-state index < -0.39 is 0 Å². The lowest BCUT2D eigenvalue weighted by Crippen LogP contribution is -2.44. The molecule has 0 aliphatic carbocycles. The molecule has 1 heterocycles. The number of carbonyl (C=O) groups is 1. The molecule has 160 valence electrons. The summed E-state index contributed by atoms with van der Waals surface area (Å²) in [6.45, 7) is 12.5. The summed E-state index contributed by atoms with van der Waals surface area (Å²) >= 11 is 0. The summed E-state index contributed by atoms with van der Waals surface area (Å²) in [7, 11) is 0. The fraction of sp³-hybridized carbons (Fsp3) is 0.944. The lowest BCUT2D eigenvalue weighted by molar-refractivity contribution is -0.122. The Hall–Kier alpha value is -0.810. The largest absolute Gasteiger partial charge is 0.354 e. The summed E-state index contributed by atoms with van der Waals surface area (Å²) in [4.78, 5) is 16.7. The number of nitrogens with two attached hydrogens (primary N) is 2. The molecule has 0 radical (unpaired) electrons. The van der Waals surface area contributed by atoms with Crippen LogP contribution in [0.25, 0.3) is 0 Å². The zero-order valence-electron chi connectivity index (χ0n) is 17.0. The molecule has 1 aliphatic heterocycles. The van der Waals surface area contributed by atoms with Crippen LogP contribution < -0.4 is 32.7 Å². The van der Waals surface area contributed by atoms with E-state index in [0.717, 1.165) is 84.8 Å². The average Bonchev–Trinajstić information content (AvgIpc) is 2.65. The zero-order valence-corrected chi connectivity index (χ0v) is 17.0. The van der Waals surface area contributed by atoms with Crippen LogP contribution in [0.1, 0.15) is 12.8 Å². The molecule has 0 atom stereocenters. The van der Waals surface area contributed by atoms with E-state index in [0.29, 0.717) is 26.2 Å². The first-order valence-corrected chi connectivity index (χ1v) is 10.5. The molecule has 8 N–H and O–H groups in total.